The van der Waals surface area contributed by atoms with E-state index in [1.807, 2.05) is 0 Å². The second-order valence-corrected chi connectivity index (χ2v) is 8.45. The lowest BCUT2D eigenvalue weighted by atomic mass is 9.89. The van der Waals surface area contributed by atoms with Crippen molar-refractivity contribution < 1.29 is 30.0 Å². The van der Waals surface area contributed by atoms with Gasteiger partial charge in [0, 0.05) is 5.25 Å². The van der Waals surface area contributed by atoms with Gasteiger partial charge in [0.25, 0.3) is 0 Å². The zero-order valence-corrected chi connectivity index (χ0v) is 12.1. The first-order valence-electron chi connectivity index (χ1n) is 5.84. The van der Waals surface area contributed by atoms with Gasteiger partial charge in [-0.1, -0.05) is 6.08 Å². The van der Waals surface area contributed by atoms with Crippen LogP contribution in [0.25, 0.3) is 4.13 Å². The Morgan fingerprint density at radius 2 is 1.65 bits per heavy atom. The van der Waals surface area contributed by atoms with Crippen molar-refractivity contribution in [3.05, 3.63) is 16.8 Å². The van der Waals surface area contributed by atoms with Gasteiger partial charge in [0.2, 0.25) is 0 Å². The molecule has 0 saturated heterocycles. The number of allylic oxidation sites excluding steroid dienone is 1. The van der Waals surface area contributed by atoms with E-state index in [1.165, 1.54) is 0 Å². The van der Waals surface area contributed by atoms with Gasteiger partial charge in [-0.2, -0.15) is 8.78 Å². The second-order valence-electron chi connectivity index (χ2n) is 4.61. The molecule has 0 bridgehead atoms. The van der Waals surface area contributed by atoms with Crippen LogP contribution >= 0.6 is 0 Å². The number of halogens is 3. The highest BCUT2D eigenvalue weighted by molar-refractivity contribution is 8.12. The first kappa shape index (κ1) is 17.4. The van der Waals surface area contributed by atoms with Gasteiger partial charge < -0.3 is 4.13 Å². The molecule has 0 N–H and O–H groups in total. The minimum atomic E-state index is -5.73. The highest BCUT2D eigenvalue weighted by atomic mass is 32.3. The predicted molar refractivity (Wildman–Crippen MR) is 68.1 cm³/mol. The first-order valence-corrected chi connectivity index (χ1v) is 8.79. The molecule has 1 aliphatic carbocycles. The third-order valence-electron chi connectivity index (χ3n) is 3.21. The average molecular weight is 334 g/mol. The summed E-state index contributed by atoms with van der Waals surface area (Å²) < 4.78 is 85.6. The molecule has 0 spiro atoms. The molecule has 10 heteroatoms. The van der Waals surface area contributed by atoms with Crippen molar-refractivity contribution in [2.75, 3.05) is 6.67 Å². The molecule has 0 atom stereocenters. The van der Waals surface area contributed by atoms with Crippen LogP contribution < -0.4 is 0 Å². The molecule has 0 heterocycles. The molecular formula is C10H15F3NO4S2-. The third-order valence-corrected chi connectivity index (χ3v) is 7.00. The molecule has 0 unspecified atom stereocenters. The SMILES string of the molecule is C=CC1CCC(S(=O)(=O)[N-]S(=O)(=O)C(F)(F)CF)CC1. The van der Waals surface area contributed by atoms with E-state index >= 15 is 0 Å². The van der Waals surface area contributed by atoms with Crippen LogP contribution in [-0.2, 0) is 20.0 Å². The lowest BCUT2D eigenvalue weighted by Gasteiger charge is -2.33. The van der Waals surface area contributed by atoms with Crippen molar-refractivity contribution in [1.29, 1.82) is 0 Å². The molecule has 5 nitrogen and oxygen atoms in total. The van der Waals surface area contributed by atoms with Crippen LogP contribution in [0.5, 0.6) is 0 Å². The molecule has 1 rings (SSSR count). The number of sulfonamides is 2. The Morgan fingerprint density at radius 3 is 2.05 bits per heavy atom. The molecule has 1 fully saturated rings. The lowest BCUT2D eigenvalue weighted by Crippen LogP contribution is -2.34. The maximum atomic E-state index is 12.8. The molecule has 20 heavy (non-hydrogen) atoms. The highest BCUT2D eigenvalue weighted by Crippen LogP contribution is 2.35. The van der Waals surface area contributed by atoms with Crippen LogP contribution in [0, 0.1) is 5.92 Å². The van der Waals surface area contributed by atoms with E-state index < -0.39 is 37.2 Å². The first-order chi connectivity index (χ1) is 9.05. The van der Waals surface area contributed by atoms with E-state index in [9.17, 15) is 30.0 Å². The van der Waals surface area contributed by atoms with Gasteiger partial charge in [0.15, 0.2) is 16.7 Å². The van der Waals surface area contributed by atoms with Gasteiger partial charge in [-0.05, 0) is 31.6 Å². The third kappa shape index (κ3) is 3.73. The van der Waals surface area contributed by atoms with Crippen molar-refractivity contribution in [1.82, 2.24) is 0 Å². The quantitative estimate of drug-likeness (QED) is 0.698. The molecule has 0 aromatic carbocycles. The van der Waals surface area contributed by atoms with Crippen LogP contribution in [-0.4, -0.2) is 34.0 Å². The zero-order valence-electron chi connectivity index (χ0n) is 10.5. The molecule has 0 aromatic heterocycles. The summed E-state index contributed by atoms with van der Waals surface area (Å²) in [7, 11) is -10.3. The Kier molecular flexibility index (Phi) is 5.25. The van der Waals surface area contributed by atoms with E-state index in [0.29, 0.717) is 12.8 Å². The topological polar surface area (TPSA) is 82.4 Å². The largest absolute Gasteiger partial charge is 0.431 e. The van der Waals surface area contributed by atoms with Crippen molar-refractivity contribution in [3.63, 3.8) is 0 Å². The van der Waals surface area contributed by atoms with Crippen LogP contribution in [0.4, 0.5) is 13.2 Å². The number of nitrogens with zero attached hydrogens (tertiary/aromatic N) is 1. The fraction of sp³-hybridized carbons (Fsp3) is 0.800. The van der Waals surface area contributed by atoms with Crippen LogP contribution in [0.3, 0.4) is 0 Å². The second kappa shape index (κ2) is 6.02. The Morgan fingerprint density at radius 1 is 1.15 bits per heavy atom. The molecule has 0 aliphatic heterocycles. The summed E-state index contributed by atoms with van der Waals surface area (Å²) in [6.07, 6.45) is 2.80. The predicted octanol–water partition coefficient (Wildman–Crippen LogP) is 2.33. The van der Waals surface area contributed by atoms with Crippen LogP contribution in [0.15, 0.2) is 12.7 Å². The van der Waals surface area contributed by atoms with E-state index in [4.69, 9.17) is 0 Å². The summed E-state index contributed by atoms with van der Waals surface area (Å²) in [4.78, 5) is 0. The molecule has 0 amide bonds. The van der Waals surface area contributed by atoms with Gasteiger partial charge in [-0.25, -0.2) is 21.2 Å². The van der Waals surface area contributed by atoms with E-state index in [-0.39, 0.29) is 18.8 Å². The smallest absolute Gasteiger partial charge is 0.357 e. The normalized spacial score (nSPS) is 25.4. The number of hydrogen-bond acceptors (Lipinski definition) is 4. The molecule has 0 radical (unpaired) electrons. The van der Waals surface area contributed by atoms with Gasteiger partial charge in [-0.15, -0.1) is 6.58 Å². The van der Waals surface area contributed by atoms with E-state index in [2.05, 4.69) is 10.7 Å². The van der Waals surface area contributed by atoms with E-state index in [0.717, 1.165) is 0 Å². The fourth-order valence-electron chi connectivity index (χ4n) is 1.94. The molecular weight excluding hydrogens is 319 g/mol. The van der Waals surface area contributed by atoms with Crippen molar-refractivity contribution >= 4 is 20.0 Å². The Hall–Kier alpha value is -0.610. The summed E-state index contributed by atoms with van der Waals surface area (Å²) >= 11 is 0. The minimum absolute atomic E-state index is 0.110. The summed E-state index contributed by atoms with van der Waals surface area (Å²) in [6, 6.07) is 0. The monoisotopic (exact) mass is 334 g/mol. The molecule has 1 saturated carbocycles. The summed E-state index contributed by atoms with van der Waals surface area (Å²) in [5, 5.41) is -5.96. The van der Waals surface area contributed by atoms with Crippen LogP contribution in [0.1, 0.15) is 25.7 Å². The zero-order chi connectivity index (χ0) is 15.6. The fourth-order valence-corrected chi connectivity index (χ4v) is 4.97. The van der Waals surface area contributed by atoms with Gasteiger partial charge in [0.05, 0.1) is 10.0 Å². The van der Waals surface area contributed by atoms with Crippen molar-refractivity contribution in [3.8, 4) is 0 Å². The summed E-state index contributed by atoms with van der Waals surface area (Å²) in [5.41, 5.74) is 0. The molecule has 118 valence electrons. The van der Waals surface area contributed by atoms with Crippen molar-refractivity contribution in [2.24, 2.45) is 5.92 Å². The summed E-state index contributed by atoms with van der Waals surface area (Å²) in [5.74, 6) is 0.116. The maximum Gasteiger partial charge on any atom is 0.357 e. The van der Waals surface area contributed by atoms with Crippen molar-refractivity contribution in [2.45, 2.75) is 36.2 Å². The Labute approximate surface area is 116 Å². The van der Waals surface area contributed by atoms with Gasteiger partial charge >= 0.3 is 5.25 Å². The molecule has 0 aromatic rings. The minimum Gasteiger partial charge on any atom is -0.431 e. The molecule has 1 aliphatic rings. The number of alkyl halides is 3. The van der Waals surface area contributed by atoms with Crippen LogP contribution in [0.2, 0.25) is 0 Å². The Bertz CT molecular complexity index is 551. The maximum absolute atomic E-state index is 12.8. The standard InChI is InChI=1S/C10H15F3NO4S2/c1-2-8-3-5-9(6-4-8)19(15,16)14-20(17,18)10(12,13)7-11/h2,8-9H,1,3-7H2/q-1. The van der Waals surface area contributed by atoms with Gasteiger partial charge in [0.1, 0.15) is 0 Å². The summed E-state index contributed by atoms with van der Waals surface area (Å²) in [6.45, 7) is 1.05. The van der Waals surface area contributed by atoms with E-state index in [1.54, 1.807) is 6.08 Å². The number of hydrogen-bond donors (Lipinski definition) is 0. The van der Waals surface area contributed by atoms with Gasteiger partial charge in [-0.3, -0.25) is 0 Å². The lowest BCUT2D eigenvalue weighted by molar-refractivity contribution is 0.0633. The highest BCUT2D eigenvalue weighted by Gasteiger charge is 2.41. The average Bonchev–Trinajstić information content (AvgIpc) is 2.37. The number of rotatable bonds is 6. The Balaban J connectivity index is 2.84.